The van der Waals surface area contributed by atoms with Gasteiger partial charge in [-0.1, -0.05) is 43.4 Å². The molecule has 16 heavy (non-hydrogen) atoms. The molecule has 1 aromatic heterocycles. The maximum atomic E-state index is 4.38. The predicted octanol–water partition coefficient (Wildman–Crippen LogP) is 4.33. The van der Waals surface area contributed by atoms with Crippen molar-refractivity contribution < 1.29 is 0 Å². The lowest BCUT2D eigenvalue weighted by Gasteiger charge is -2.13. The van der Waals surface area contributed by atoms with Crippen LogP contribution < -0.4 is 0 Å². The van der Waals surface area contributed by atoms with Crippen molar-refractivity contribution in [2.24, 2.45) is 5.92 Å². The van der Waals surface area contributed by atoms with Gasteiger partial charge in [0, 0.05) is 17.5 Å². The Labute approximate surface area is 101 Å². The maximum absolute atomic E-state index is 4.38. The number of nitrogens with zero attached hydrogens (tertiary/aromatic N) is 1. The molecule has 0 spiro atoms. The van der Waals surface area contributed by atoms with Gasteiger partial charge in [0.2, 0.25) is 0 Å². The van der Waals surface area contributed by atoms with Crippen molar-refractivity contribution in [3.8, 4) is 0 Å². The summed E-state index contributed by atoms with van der Waals surface area (Å²) in [6, 6.07) is 0. The molecular formula is C14H17NS. The summed E-state index contributed by atoms with van der Waals surface area (Å²) in [5, 5.41) is 3.30. The summed E-state index contributed by atoms with van der Waals surface area (Å²) in [5.41, 5.74) is 0. The van der Waals surface area contributed by atoms with Crippen LogP contribution in [0.1, 0.15) is 30.7 Å². The molecule has 0 saturated carbocycles. The van der Waals surface area contributed by atoms with Gasteiger partial charge in [-0.25, -0.2) is 4.98 Å². The lowest BCUT2D eigenvalue weighted by Crippen LogP contribution is -2.01. The molecule has 1 aliphatic rings. The molecule has 1 aliphatic carbocycles. The Bertz CT molecular complexity index is 387. The van der Waals surface area contributed by atoms with Crippen LogP contribution >= 0.6 is 11.3 Å². The number of hydrogen-bond donors (Lipinski definition) is 0. The van der Waals surface area contributed by atoms with E-state index in [9.17, 15) is 0 Å². The summed E-state index contributed by atoms with van der Waals surface area (Å²) < 4.78 is 0. The smallest absolute Gasteiger partial charge is 0.0953 e. The summed E-state index contributed by atoms with van der Waals surface area (Å²) in [4.78, 5) is 4.38. The van der Waals surface area contributed by atoms with Crippen LogP contribution in [0.5, 0.6) is 0 Å². The molecule has 0 amide bonds. The van der Waals surface area contributed by atoms with Gasteiger partial charge in [0.15, 0.2) is 0 Å². The van der Waals surface area contributed by atoms with Crippen LogP contribution in [-0.4, -0.2) is 4.98 Å². The predicted molar refractivity (Wildman–Crippen MR) is 70.7 cm³/mol. The monoisotopic (exact) mass is 231 g/mol. The molecule has 0 N–H and O–H groups in total. The molecule has 0 bridgehead atoms. The summed E-state index contributed by atoms with van der Waals surface area (Å²) in [7, 11) is 0. The Kier molecular flexibility index (Phi) is 4.11. The van der Waals surface area contributed by atoms with Crippen LogP contribution in [0.3, 0.4) is 0 Å². The Morgan fingerprint density at radius 2 is 2.31 bits per heavy atom. The minimum absolute atomic E-state index is 0.544. The normalized spacial score (nSPS) is 25.7. The number of aromatic nitrogens is 1. The van der Waals surface area contributed by atoms with Gasteiger partial charge >= 0.3 is 0 Å². The standard InChI is InChI=1S/C14H17NS/c1-12(14-15-9-10-16-14)11-13-7-5-3-2-4-6-8-13/h2-3,5-10,12-13H,4,11H2,1H3/b3-2-,7-5-,8-6?. The fourth-order valence-corrected chi connectivity index (χ4v) is 2.62. The van der Waals surface area contributed by atoms with E-state index in [2.05, 4.69) is 53.7 Å². The van der Waals surface area contributed by atoms with E-state index in [0.29, 0.717) is 11.8 Å². The van der Waals surface area contributed by atoms with Gasteiger partial charge in [0.1, 0.15) is 0 Å². The first-order valence-electron chi connectivity index (χ1n) is 5.75. The lowest BCUT2D eigenvalue weighted by atomic mass is 9.94. The molecule has 2 heteroatoms. The molecule has 1 aromatic rings. The highest BCUT2D eigenvalue weighted by Crippen LogP contribution is 2.26. The van der Waals surface area contributed by atoms with Crippen LogP contribution in [0.2, 0.25) is 0 Å². The number of hydrogen-bond acceptors (Lipinski definition) is 2. The molecule has 1 heterocycles. The number of rotatable bonds is 3. The fourth-order valence-electron chi connectivity index (χ4n) is 1.90. The molecule has 1 nitrogen and oxygen atoms in total. The first-order chi connectivity index (χ1) is 7.86. The molecule has 2 unspecified atom stereocenters. The third-order valence-electron chi connectivity index (χ3n) is 2.76. The summed E-state index contributed by atoms with van der Waals surface area (Å²) in [6.45, 7) is 2.26. The second kappa shape index (κ2) is 5.80. The van der Waals surface area contributed by atoms with E-state index >= 15 is 0 Å². The van der Waals surface area contributed by atoms with Crippen molar-refractivity contribution >= 4 is 11.3 Å². The SMILES string of the molecule is CC(CC1C=CC/C=C\C=C/1)c1nccs1. The van der Waals surface area contributed by atoms with Crippen molar-refractivity contribution in [1.82, 2.24) is 4.98 Å². The van der Waals surface area contributed by atoms with Crippen LogP contribution in [0.4, 0.5) is 0 Å². The molecule has 0 saturated heterocycles. The zero-order valence-corrected chi connectivity index (χ0v) is 10.4. The van der Waals surface area contributed by atoms with Gasteiger partial charge in [0.05, 0.1) is 5.01 Å². The van der Waals surface area contributed by atoms with Gasteiger partial charge < -0.3 is 0 Å². The van der Waals surface area contributed by atoms with Gasteiger partial charge in [-0.3, -0.25) is 0 Å². The number of allylic oxidation sites excluding steroid dienone is 6. The van der Waals surface area contributed by atoms with E-state index < -0.39 is 0 Å². The van der Waals surface area contributed by atoms with E-state index in [1.165, 1.54) is 5.01 Å². The molecule has 2 rings (SSSR count). The average Bonchev–Trinajstić information content (AvgIpc) is 2.74. The van der Waals surface area contributed by atoms with Gasteiger partial charge in [-0.15, -0.1) is 11.3 Å². The summed E-state index contributed by atoms with van der Waals surface area (Å²) >= 11 is 1.76. The van der Waals surface area contributed by atoms with Gasteiger partial charge in [-0.2, -0.15) is 0 Å². The molecular weight excluding hydrogens is 214 g/mol. The Morgan fingerprint density at radius 3 is 3.12 bits per heavy atom. The van der Waals surface area contributed by atoms with Crippen LogP contribution in [0.15, 0.2) is 48.0 Å². The van der Waals surface area contributed by atoms with E-state index in [1.54, 1.807) is 11.3 Å². The zero-order valence-electron chi connectivity index (χ0n) is 9.54. The Morgan fingerprint density at radius 1 is 1.38 bits per heavy atom. The lowest BCUT2D eigenvalue weighted by molar-refractivity contribution is 0.604. The number of thiazole rings is 1. The zero-order chi connectivity index (χ0) is 11.2. The van der Waals surface area contributed by atoms with Gasteiger partial charge in [0.25, 0.3) is 0 Å². The molecule has 0 aliphatic heterocycles. The molecule has 0 radical (unpaired) electrons. The van der Waals surface area contributed by atoms with Crippen molar-refractivity contribution in [3.05, 3.63) is 53.0 Å². The first kappa shape index (κ1) is 11.3. The highest BCUT2D eigenvalue weighted by molar-refractivity contribution is 7.09. The van der Waals surface area contributed by atoms with Crippen molar-refractivity contribution in [2.45, 2.75) is 25.7 Å². The maximum Gasteiger partial charge on any atom is 0.0953 e. The van der Waals surface area contributed by atoms with Crippen LogP contribution in [-0.2, 0) is 0 Å². The highest BCUT2D eigenvalue weighted by atomic mass is 32.1. The molecule has 2 atom stereocenters. The van der Waals surface area contributed by atoms with Crippen molar-refractivity contribution in [1.29, 1.82) is 0 Å². The van der Waals surface area contributed by atoms with Crippen LogP contribution in [0, 0.1) is 5.92 Å². The Balaban J connectivity index is 1.98. The third-order valence-corrected chi connectivity index (χ3v) is 3.77. The molecule has 0 fully saturated rings. The van der Waals surface area contributed by atoms with E-state index in [1.807, 2.05) is 6.20 Å². The largest absolute Gasteiger partial charge is 0.249 e. The molecule has 0 aromatic carbocycles. The van der Waals surface area contributed by atoms with Crippen molar-refractivity contribution in [3.63, 3.8) is 0 Å². The first-order valence-corrected chi connectivity index (χ1v) is 6.63. The minimum Gasteiger partial charge on any atom is -0.249 e. The second-order valence-electron chi connectivity index (χ2n) is 4.15. The molecule has 84 valence electrons. The topological polar surface area (TPSA) is 12.9 Å². The van der Waals surface area contributed by atoms with Gasteiger partial charge in [-0.05, 0) is 18.8 Å². The Hall–Kier alpha value is -1.15. The fraction of sp³-hybridized carbons (Fsp3) is 0.357. The minimum atomic E-state index is 0.544. The van der Waals surface area contributed by atoms with Crippen LogP contribution in [0.25, 0.3) is 0 Å². The summed E-state index contributed by atoms with van der Waals surface area (Å²) in [5.74, 6) is 1.09. The highest BCUT2D eigenvalue weighted by Gasteiger charge is 2.12. The van der Waals surface area contributed by atoms with E-state index in [-0.39, 0.29) is 0 Å². The quantitative estimate of drug-likeness (QED) is 0.706. The van der Waals surface area contributed by atoms with E-state index in [0.717, 1.165) is 12.8 Å². The second-order valence-corrected chi connectivity index (χ2v) is 5.07. The third kappa shape index (κ3) is 3.17. The van der Waals surface area contributed by atoms with E-state index in [4.69, 9.17) is 0 Å². The van der Waals surface area contributed by atoms with Crippen molar-refractivity contribution in [2.75, 3.05) is 0 Å². The average molecular weight is 231 g/mol. The summed E-state index contributed by atoms with van der Waals surface area (Å²) in [6.07, 6.45) is 17.4.